The Balaban J connectivity index is 1.75. The molecule has 86 valence electrons. The van der Waals surface area contributed by atoms with Gasteiger partial charge in [0, 0.05) is 12.8 Å². The van der Waals surface area contributed by atoms with Gasteiger partial charge < -0.3 is 14.8 Å². The van der Waals surface area contributed by atoms with Gasteiger partial charge in [-0.25, -0.2) is 0 Å². The Kier molecular flexibility index (Phi) is 3.05. The first kappa shape index (κ1) is 10.9. The zero-order valence-electron chi connectivity index (χ0n) is 8.68. The lowest BCUT2D eigenvalue weighted by Gasteiger charge is -2.23. The Morgan fingerprint density at radius 1 is 1.62 bits per heavy atom. The summed E-state index contributed by atoms with van der Waals surface area (Å²) < 4.78 is 4.99. The molecule has 1 aromatic rings. The summed E-state index contributed by atoms with van der Waals surface area (Å²) in [5, 5.41) is 12.2. The van der Waals surface area contributed by atoms with E-state index in [0.717, 1.165) is 0 Å². The minimum Gasteiger partial charge on any atom is -0.467 e. The van der Waals surface area contributed by atoms with Crippen molar-refractivity contribution in [2.45, 2.75) is 18.9 Å². The zero-order chi connectivity index (χ0) is 11.5. The number of aliphatic hydroxyl groups excluding tert-OH is 1. The maximum atomic E-state index is 11.4. The molecule has 1 fully saturated rings. The Morgan fingerprint density at radius 2 is 2.38 bits per heavy atom. The summed E-state index contributed by atoms with van der Waals surface area (Å²) in [4.78, 5) is 22.1. The third-order valence-electron chi connectivity index (χ3n) is 2.66. The number of carbonyl (C=O) groups excluding carboxylic acids is 2. The summed E-state index contributed by atoms with van der Waals surface area (Å²) in [6, 6.07) is 3.31. The zero-order valence-corrected chi connectivity index (χ0v) is 8.68. The van der Waals surface area contributed by atoms with Gasteiger partial charge >= 0.3 is 0 Å². The van der Waals surface area contributed by atoms with E-state index in [1.165, 1.54) is 6.26 Å². The second kappa shape index (κ2) is 4.49. The van der Waals surface area contributed by atoms with Gasteiger partial charge in [-0.2, -0.15) is 0 Å². The van der Waals surface area contributed by atoms with Crippen molar-refractivity contribution in [3.8, 4) is 0 Å². The van der Waals surface area contributed by atoms with Crippen LogP contribution >= 0.6 is 0 Å². The fourth-order valence-electron chi connectivity index (χ4n) is 1.60. The van der Waals surface area contributed by atoms with Gasteiger partial charge in [0.25, 0.3) is 0 Å². The molecular formula is C11H13NO4. The van der Waals surface area contributed by atoms with Crippen LogP contribution in [0.25, 0.3) is 0 Å². The van der Waals surface area contributed by atoms with Crippen LogP contribution < -0.4 is 5.32 Å². The first-order valence-electron chi connectivity index (χ1n) is 5.17. The van der Waals surface area contributed by atoms with Crippen LogP contribution in [-0.2, 0) is 9.59 Å². The number of rotatable bonds is 4. The molecule has 1 heterocycles. The smallest absolute Gasteiger partial charge is 0.224 e. The van der Waals surface area contributed by atoms with E-state index in [4.69, 9.17) is 4.42 Å². The molecule has 1 aromatic heterocycles. The lowest BCUT2D eigenvalue weighted by atomic mass is 9.83. The fraction of sp³-hybridized carbons (Fsp3) is 0.455. The van der Waals surface area contributed by atoms with Gasteiger partial charge in [0.15, 0.2) is 0 Å². The molecule has 2 rings (SSSR count). The van der Waals surface area contributed by atoms with Crippen LogP contribution in [0.1, 0.15) is 24.7 Å². The molecule has 0 radical (unpaired) electrons. The molecule has 5 heteroatoms. The standard InChI is InChI=1S/C11H13NO4/c13-8-4-7(5-8)11(15)12-6-9(14)10-2-1-3-16-10/h1-3,7,9,14H,4-6H2,(H,12,15). The van der Waals surface area contributed by atoms with Crippen molar-refractivity contribution in [2.24, 2.45) is 5.92 Å². The quantitative estimate of drug-likeness (QED) is 0.774. The van der Waals surface area contributed by atoms with Crippen molar-refractivity contribution in [3.05, 3.63) is 24.2 Å². The normalized spacial score (nSPS) is 17.9. The first-order valence-corrected chi connectivity index (χ1v) is 5.17. The minimum absolute atomic E-state index is 0.108. The molecule has 1 aliphatic rings. The molecule has 1 saturated carbocycles. The molecule has 1 unspecified atom stereocenters. The van der Waals surface area contributed by atoms with Crippen LogP contribution in [0.5, 0.6) is 0 Å². The number of aliphatic hydroxyl groups is 1. The highest BCUT2D eigenvalue weighted by molar-refractivity contribution is 5.96. The second-order valence-electron chi connectivity index (χ2n) is 3.92. The first-order chi connectivity index (χ1) is 7.66. The topological polar surface area (TPSA) is 79.5 Å². The molecule has 0 aromatic carbocycles. The predicted molar refractivity (Wildman–Crippen MR) is 54.4 cm³/mol. The lowest BCUT2D eigenvalue weighted by Crippen LogP contribution is -2.40. The Labute approximate surface area is 92.4 Å². The van der Waals surface area contributed by atoms with Crippen LogP contribution in [0.4, 0.5) is 0 Å². The van der Waals surface area contributed by atoms with Crippen LogP contribution in [-0.4, -0.2) is 23.3 Å². The van der Waals surface area contributed by atoms with Gasteiger partial charge in [0.1, 0.15) is 17.6 Å². The van der Waals surface area contributed by atoms with Crippen molar-refractivity contribution in [1.82, 2.24) is 5.32 Å². The predicted octanol–water partition coefficient (Wildman–Crippen LogP) is 0.408. The SMILES string of the molecule is O=C1CC(C(=O)NCC(O)c2ccco2)C1. The van der Waals surface area contributed by atoms with Crippen LogP contribution in [0, 0.1) is 5.92 Å². The van der Waals surface area contributed by atoms with E-state index >= 15 is 0 Å². The van der Waals surface area contributed by atoms with Crippen molar-refractivity contribution in [3.63, 3.8) is 0 Å². The van der Waals surface area contributed by atoms with E-state index < -0.39 is 6.10 Å². The summed E-state index contributed by atoms with van der Waals surface area (Å²) >= 11 is 0. The minimum atomic E-state index is -0.838. The number of furan rings is 1. The van der Waals surface area contributed by atoms with E-state index in [9.17, 15) is 14.7 Å². The molecule has 5 nitrogen and oxygen atoms in total. The second-order valence-corrected chi connectivity index (χ2v) is 3.92. The molecule has 0 spiro atoms. The third kappa shape index (κ3) is 2.30. The van der Waals surface area contributed by atoms with Crippen LogP contribution in [0.2, 0.25) is 0 Å². The summed E-state index contributed by atoms with van der Waals surface area (Å²) in [5.41, 5.74) is 0. The summed E-state index contributed by atoms with van der Waals surface area (Å²) in [6.07, 6.45) is 1.27. The highest BCUT2D eigenvalue weighted by Gasteiger charge is 2.32. The number of amides is 1. The monoisotopic (exact) mass is 223 g/mol. The molecule has 1 atom stereocenters. The summed E-state index contributed by atoms with van der Waals surface area (Å²) in [5.74, 6) is 0.151. The van der Waals surface area contributed by atoms with Crippen LogP contribution in [0.3, 0.4) is 0 Å². The molecule has 1 aliphatic carbocycles. The van der Waals surface area contributed by atoms with Crippen molar-refractivity contribution in [1.29, 1.82) is 0 Å². The Morgan fingerprint density at radius 3 is 2.94 bits per heavy atom. The van der Waals surface area contributed by atoms with Crippen molar-refractivity contribution in [2.75, 3.05) is 6.54 Å². The third-order valence-corrected chi connectivity index (χ3v) is 2.66. The van der Waals surface area contributed by atoms with Crippen molar-refractivity contribution >= 4 is 11.7 Å². The molecule has 0 aliphatic heterocycles. The maximum Gasteiger partial charge on any atom is 0.224 e. The van der Waals surface area contributed by atoms with E-state index in [0.29, 0.717) is 18.6 Å². The maximum absolute atomic E-state index is 11.4. The summed E-state index contributed by atoms with van der Waals surface area (Å²) in [7, 11) is 0. The highest BCUT2D eigenvalue weighted by Crippen LogP contribution is 2.22. The average Bonchev–Trinajstić information content (AvgIpc) is 2.74. The van der Waals surface area contributed by atoms with E-state index in [2.05, 4.69) is 5.32 Å². The molecule has 0 bridgehead atoms. The van der Waals surface area contributed by atoms with Gasteiger partial charge in [-0.05, 0) is 12.1 Å². The van der Waals surface area contributed by atoms with Gasteiger partial charge in [0.05, 0.1) is 18.7 Å². The highest BCUT2D eigenvalue weighted by atomic mass is 16.4. The number of hydrogen-bond donors (Lipinski definition) is 2. The van der Waals surface area contributed by atoms with E-state index in [1.807, 2.05) is 0 Å². The summed E-state index contributed by atoms with van der Waals surface area (Å²) in [6.45, 7) is 0.108. The van der Waals surface area contributed by atoms with Gasteiger partial charge in [-0.1, -0.05) is 0 Å². The number of ketones is 1. The van der Waals surface area contributed by atoms with E-state index in [1.54, 1.807) is 12.1 Å². The number of Topliss-reactive ketones (excluding diaryl/α,β-unsaturated/α-hetero) is 1. The number of nitrogens with one attached hydrogen (secondary N) is 1. The van der Waals surface area contributed by atoms with Crippen molar-refractivity contribution < 1.29 is 19.1 Å². The van der Waals surface area contributed by atoms with Gasteiger partial charge in [-0.3, -0.25) is 9.59 Å². The fourth-order valence-corrected chi connectivity index (χ4v) is 1.60. The van der Waals surface area contributed by atoms with Gasteiger partial charge in [-0.15, -0.1) is 0 Å². The molecule has 0 saturated heterocycles. The van der Waals surface area contributed by atoms with Gasteiger partial charge in [0.2, 0.25) is 5.91 Å². The lowest BCUT2D eigenvalue weighted by molar-refractivity contribution is -0.138. The molecule has 1 amide bonds. The average molecular weight is 223 g/mol. The Hall–Kier alpha value is -1.62. The largest absolute Gasteiger partial charge is 0.467 e. The molecule has 2 N–H and O–H groups in total. The molecular weight excluding hydrogens is 210 g/mol. The number of hydrogen-bond acceptors (Lipinski definition) is 4. The Bertz CT molecular complexity index is 377. The molecule has 16 heavy (non-hydrogen) atoms. The number of carbonyl (C=O) groups is 2. The van der Waals surface area contributed by atoms with Crippen LogP contribution in [0.15, 0.2) is 22.8 Å². The van der Waals surface area contributed by atoms with E-state index in [-0.39, 0.29) is 24.2 Å².